The van der Waals surface area contributed by atoms with Gasteiger partial charge >= 0.3 is 31.1 Å². The number of halogens is 1. The van der Waals surface area contributed by atoms with Crippen molar-refractivity contribution in [3.05, 3.63) is 63.0 Å². The Morgan fingerprint density at radius 3 is 2.76 bits per heavy atom. The minimum absolute atomic E-state index is 0. The van der Waals surface area contributed by atoms with Gasteiger partial charge in [0.1, 0.15) is 10.7 Å². The number of ether oxygens (including phenoxy) is 1. The zero-order valence-corrected chi connectivity index (χ0v) is 21.1. The summed E-state index contributed by atoms with van der Waals surface area (Å²) in [7, 11) is 0. The maximum atomic E-state index is 13.0. The molecule has 1 amide bonds. The van der Waals surface area contributed by atoms with Gasteiger partial charge in [0.2, 0.25) is 0 Å². The van der Waals surface area contributed by atoms with Crippen LogP contribution in [0.15, 0.2) is 30.1 Å². The van der Waals surface area contributed by atoms with Crippen LogP contribution in [0.3, 0.4) is 0 Å². The van der Waals surface area contributed by atoms with Gasteiger partial charge in [0.05, 0.1) is 17.4 Å². The van der Waals surface area contributed by atoms with E-state index in [0.29, 0.717) is 42.2 Å². The van der Waals surface area contributed by atoms with E-state index in [1.165, 1.54) is 23.5 Å². The molecule has 150 valence electrons. The Bertz CT molecular complexity index is 864. The van der Waals surface area contributed by atoms with Crippen LogP contribution in [-0.2, 0) is 11.2 Å². The van der Waals surface area contributed by atoms with Gasteiger partial charge in [-0.1, -0.05) is 12.5 Å². The monoisotopic (exact) mass is 638 g/mol. The molecule has 3 rings (SSSR count). The molecule has 0 spiro atoms. The average molecular weight is 639 g/mol. The Labute approximate surface area is 197 Å². The average Bonchev–Trinajstić information content (AvgIpc) is 3.19. The minimum atomic E-state index is -0.461. The molecule has 2 aromatic rings. The normalized spacial score (nSPS) is 14.9. The third-order valence-corrected chi connectivity index (χ3v) is 5.54. The molecule has 0 aliphatic carbocycles. The molecule has 29 heavy (non-hydrogen) atoms. The van der Waals surface area contributed by atoms with Crippen molar-refractivity contribution < 1.29 is 45.0 Å². The number of allylic oxidation sites excluding steroid dienone is 2. The molecule has 0 saturated carbocycles. The molecule has 1 N–H and O–H groups in total. The number of amides is 1. The molecule has 0 aromatic carbocycles. The second-order valence-corrected chi connectivity index (χ2v) is 7.53. The van der Waals surface area contributed by atoms with Crippen molar-refractivity contribution in [1.82, 2.24) is 15.3 Å². The summed E-state index contributed by atoms with van der Waals surface area (Å²) in [6.45, 7) is 3.04. The van der Waals surface area contributed by atoms with Crippen LogP contribution in [0.25, 0.3) is 5.41 Å². The van der Waals surface area contributed by atoms with Crippen LogP contribution in [-0.4, -0.2) is 40.8 Å². The van der Waals surface area contributed by atoms with Gasteiger partial charge in [-0.2, -0.15) is 0 Å². The van der Waals surface area contributed by atoms with Gasteiger partial charge in [-0.05, 0) is 24.6 Å². The number of nitrogens with zero attached hydrogens (tertiary/aromatic N) is 3. The molecule has 9 heteroatoms. The molecular weight excluding hydrogens is 617 g/mol. The van der Waals surface area contributed by atoms with Crippen LogP contribution >= 0.6 is 11.3 Å². The molecule has 2 aromatic heterocycles. The van der Waals surface area contributed by atoms with Crippen molar-refractivity contribution in [3.63, 3.8) is 0 Å². The summed E-state index contributed by atoms with van der Waals surface area (Å²) in [5.74, 6) is -0.574. The van der Waals surface area contributed by atoms with Crippen LogP contribution in [0.1, 0.15) is 46.6 Å². The van der Waals surface area contributed by atoms with Crippen molar-refractivity contribution in [1.29, 1.82) is 0 Å². The van der Waals surface area contributed by atoms with Crippen molar-refractivity contribution in [3.8, 4) is 0 Å². The Balaban J connectivity index is 0.00000300. The van der Waals surface area contributed by atoms with Crippen LogP contribution in [0, 0.1) is 43.0 Å². The quantitative estimate of drug-likeness (QED) is 0.373. The number of carbonyl (C=O) groups is 1. The topological polar surface area (TPSA) is 86.4 Å². The van der Waals surface area contributed by atoms with Crippen LogP contribution in [0.5, 0.6) is 0 Å². The van der Waals surface area contributed by atoms with E-state index in [4.69, 9.17) is 4.74 Å². The fourth-order valence-electron chi connectivity index (χ4n) is 2.89. The summed E-state index contributed by atoms with van der Waals surface area (Å²) >= 11 is 1.34. The van der Waals surface area contributed by atoms with E-state index in [0.717, 1.165) is 24.0 Å². The zero-order valence-electron chi connectivity index (χ0n) is 16.1. The molecular formula is C20H21FN4O2SU. The standard InChI is InChI=1S/C20H21FN4O2S.U/c1-2-13(19(22)16-5-4-14(21)11-23-16)3-6-18-24-12-17(28-18)20(26)25-15-7-9-27-10-8-15;/h4-5,11-12,15H,3,6-10H2,1H3,(H,25,26);/q-2;+2. The Kier molecular flexibility index (Phi) is 9.63. The predicted molar refractivity (Wildman–Crippen MR) is 106 cm³/mol. The largest absolute Gasteiger partial charge is 2.00 e. The summed E-state index contributed by atoms with van der Waals surface area (Å²) < 4.78 is 18.3. The number of aryl methyl sites for hydroxylation is 1. The molecule has 1 aliphatic rings. The van der Waals surface area contributed by atoms with E-state index < -0.39 is 5.82 Å². The first-order valence-electron chi connectivity index (χ1n) is 9.12. The summed E-state index contributed by atoms with van der Waals surface area (Å²) in [6, 6.07) is 2.81. The second-order valence-electron chi connectivity index (χ2n) is 6.42. The van der Waals surface area contributed by atoms with Gasteiger partial charge < -0.3 is 15.5 Å². The number of aromatic nitrogens is 2. The van der Waals surface area contributed by atoms with Crippen LogP contribution < -0.4 is 5.32 Å². The molecule has 0 atom stereocenters. The fraction of sp³-hybridized carbons (Fsp3) is 0.400. The SMILES string of the molecule is C[C-]=C(CCc1ncc(C(=O)NC2CCOCC2)s1)C(=[N-])c1ccc(F)cn1.[U+2]. The second kappa shape index (κ2) is 11.7. The van der Waals surface area contributed by atoms with Gasteiger partial charge in [-0.25, -0.2) is 14.9 Å². The van der Waals surface area contributed by atoms with Crippen molar-refractivity contribution in [2.24, 2.45) is 0 Å². The summed E-state index contributed by atoms with van der Waals surface area (Å²) in [4.78, 5) is 21.1. The summed E-state index contributed by atoms with van der Waals surface area (Å²) in [5, 5.41) is 14.2. The number of hydrogen-bond acceptors (Lipinski definition) is 5. The van der Waals surface area contributed by atoms with E-state index in [9.17, 15) is 14.6 Å². The van der Waals surface area contributed by atoms with E-state index in [1.54, 1.807) is 13.1 Å². The minimum Gasteiger partial charge on any atom is -0.903 e. The molecule has 3 heterocycles. The molecule has 0 radical (unpaired) electrons. The number of hydrogen-bond donors (Lipinski definition) is 1. The summed E-state index contributed by atoms with van der Waals surface area (Å²) in [5.41, 5.74) is 0.834. The van der Waals surface area contributed by atoms with Crippen molar-refractivity contribution >= 4 is 23.0 Å². The molecule has 0 bridgehead atoms. The number of nitrogens with one attached hydrogen (secondary N) is 1. The smallest absolute Gasteiger partial charge is 0.903 e. The molecule has 1 saturated heterocycles. The van der Waals surface area contributed by atoms with E-state index in [-0.39, 0.29) is 48.8 Å². The van der Waals surface area contributed by atoms with Gasteiger partial charge in [-0.15, -0.1) is 18.3 Å². The zero-order chi connectivity index (χ0) is 19.9. The van der Waals surface area contributed by atoms with E-state index in [1.807, 2.05) is 0 Å². The third kappa shape index (κ3) is 6.82. The Morgan fingerprint density at radius 2 is 2.10 bits per heavy atom. The molecule has 1 aliphatic heterocycles. The van der Waals surface area contributed by atoms with Crippen LogP contribution in [0.4, 0.5) is 4.39 Å². The Morgan fingerprint density at radius 1 is 1.34 bits per heavy atom. The van der Waals surface area contributed by atoms with Gasteiger partial charge in [0, 0.05) is 25.7 Å². The summed E-state index contributed by atoms with van der Waals surface area (Å²) in [6.07, 6.45) is 8.27. The maximum Gasteiger partial charge on any atom is 2.00 e. The molecule has 6 nitrogen and oxygen atoms in total. The number of rotatable bonds is 7. The number of thiazole rings is 1. The first kappa shape index (κ1) is 23.9. The third-order valence-electron chi connectivity index (χ3n) is 4.48. The van der Waals surface area contributed by atoms with Crippen molar-refractivity contribution in [2.45, 2.75) is 38.6 Å². The number of carbonyl (C=O) groups excluding carboxylic acids is 1. The first-order chi connectivity index (χ1) is 13.6. The fourth-order valence-corrected chi connectivity index (χ4v) is 3.71. The van der Waals surface area contributed by atoms with Crippen LogP contribution in [0.2, 0.25) is 0 Å². The predicted octanol–water partition coefficient (Wildman–Crippen LogP) is 3.33. The maximum absolute atomic E-state index is 13.0. The van der Waals surface area contributed by atoms with E-state index in [2.05, 4.69) is 21.4 Å². The van der Waals surface area contributed by atoms with Crippen molar-refractivity contribution in [2.75, 3.05) is 13.2 Å². The molecule has 0 unspecified atom stereocenters. The number of pyridine rings is 1. The van der Waals surface area contributed by atoms with Gasteiger partial charge in [0.15, 0.2) is 0 Å². The van der Waals surface area contributed by atoms with Gasteiger partial charge in [-0.3, -0.25) is 21.6 Å². The van der Waals surface area contributed by atoms with Gasteiger partial charge in [0.25, 0.3) is 5.91 Å². The Hall–Kier alpha value is -1.40. The van der Waals surface area contributed by atoms with E-state index >= 15 is 0 Å². The first-order valence-corrected chi connectivity index (χ1v) is 9.93. The molecule has 1 fully saturated rings.